The number of nitrogens with zero attached hydrogens (tertiary/aromatic N) is 2. The van der Waals surface area contributed by atoms with Gasteiger partial charge in [-0.2, -0.15) is 0 Å². The van der Waals surface area contributed by atoms with E-state index in [1.54, 1.807) is 23.2 Å². The first kappa shape index (κ1) is 25.0. The average Bonchev–Trinajstić information content (AvgIpc) is 3.24. The maximum absolute atomic E-state index is 13.6. The van der Waals surface area contributed by atoms with E-state index < -0.39 is 11.3 Å². The van der Waals surface area contributed by atoms with Gasteiger partial charge in [0.1, 0.15) is 5.75 Å². The van der Waals surface area contributed by atoms with Crippen LogP contribution in [0.1, 0.15) is 41.9 Å². The summed E-state index contributed by atoms with van der Waals surface area (Å²) in [6.45, 7) is 9.69. The third-order valence-electron chi connectivity index (χ3n) is 7.12. The third-order valence-corrected chi connectivity index (χ3v) is 7.12. The molecule has 3 aromatic rings. The van der Waals surface area contributed by atoms with E-state index >= 15 is 0 Å². The summed E-state index contributed by atoms with van der Waals surface area (Å²) in [5, 5.41) is 1.03. The van der Waals surface area contributed by atoms with E-state index in [1.165, 1.54) is 0 Å². The summed E-state index contributed by atoms with van der Waals surface area (Å²) in [5.74, 6) is -0.0474. The first-order chi connectivity index (χ1) is 17.8. The molecule has 3 N–H and O–H groups in total. The van der Waals surface area contributed by atoms with E-state index in [-0.39, 0.29) is 5.91 Å². The van der Waals surface area contributed by atoms with Gasteiger partial charge in [0.25, 0.3) is 11.8 Å². The molecule has 0 bridgehead atoms. The molecular weight excluding hydrogens is 468 g/mol. The van der Waals surface area contributed by atoms with Gasteiger partial charge >= 0.3 is 0 Å². The fourth-order valence-electron chi connectivity index (χ4n) is 5.30. The molecule has 194 valence electrons. The molecule has 0 radical (unpaired) electrons. The number of aromatic amines is 1. The van der Waals surface area contributed by atoms with Crippen molar-refractivity contribution >= 4 is 28.3 Å². The largest absolute Gasteiger partial charge is 0.494 e. The Balaban J connectivity index is 1.31. The second-order valence-corrected chi connectivity index (χ2v) is 10.3. The highest BCUT2D eigenvalue weighted by Crippen LogP contribution is 2.40. The number of carbonyl (C=O) groups is 2. The summed E-state index contributed by atoms with van der Waals surface area (Å²) >= 11 is 0. The van der Waals surface area contributed by atoms with Crippen molar-refractivity contribution in [2.24, 2.45) is 5.73 Å². The molecule has 1 saturated heterocycles. The topological polar surface area (TPSA) is 101 Å². The fourth-order valence-corrected chi connectivity index (χ4v) is 5.30. The number of hydrogen-bond donors (Lipinski definition) is 2. The lowest BCUT2D eigenvalue weighted by Crippen LogP contribution is -2.37. The zero-order chi connectivity index (χ0) is 26.0. The molecule has 8 nitrogen and oxygen atoms in total. The van der Waals surface area contributed by atoms with E-state index in [9.17, 15) is 9.59 Å². The highest BCUT2D eigenvalue weighted by molar-refractivity contribution is 6.20. The molecule has 2 aliphatic rings. The third kappa shape index (κ3) is 5.26. The maximum Gasteiger partial charge on any atom is 0.257 e. The number of hydrogen-bond acceptors (Lipinski definition) is 5. The van der Waals surface area contributed by atoms with Crippen LogP contribution in [0.4, 0.5) is 0 Å². The monoisotopic (exact) mass is 502 g/mol. The van der Waals surface area contributed by atoms with Gasteiger partial charge in [0.15, 0.2) is 0 Å². The van der Waals surface area contributed by atoms with Crippen LogP contribution in [-0.4, -0.2) is 72.6 Å². The van der Waals surface area contributed by atoms with Crippen LogP contribution in [0, 0.1) is 0 Å². The van der Waals surface area contributed by atoms with Crippen LogP contribution >= 0.6 is 0 Å². The van der Waals surface area contributed by atoms with Crippen molar-refractivity contribution in [1.82, 2.24) is 14.8 Å². The van der Waals surface area contributed by atoms with Gasteiger partial charge in [0.05, 0.1) is 31.1 Å². The second-order valence-electron chi connectivity index (χ2n) is 10.3. The van der Waals surface area contributed by atoms with E-state index in [2.05, 4.69) is 23.7 Å². The Kier molecular flexibility index (Phi) is 7.04. The zero-order valence-corrected chi connectivity index (χ0v) is 21.5. The number of carbonyl (C=O) groups excluding carboxylic acids is 2. The number of para-hydroxylation sites is 1. The first-order valence-electron chi connectivity index (χ1n) is 12.8. The van der Waals surface area contributed by atoms with Crippen LogP contribution in [0.3, 0.4) is 0 Å². The van der Waals surface area contributed by atoms with E-state index in [0.29, 0.717) is 30.0 Å². The number of benzene rings is 2. The zero-order valence-electron chi connectivity index (χ0n) is 21.5. The lowest BCUT2D eigenvalue weighted by atomic mass is 9.81. The summed E-state index contributed by atoms with van der Waals surface area (Å²) in [4.78, 5) is 33.4. The number of nitrogens with one attached hydrogen (secondary N) is 1. The van der Waals surface area contributed by atoms with E-state index in [0.717, 1.165) is 61.5 Å². The van der Waals surface area contributed by atoms with Crippen molar-refractivity contribution in [3.8, 4) is 5.75 Å². The Morgan fingerprint density at radius 2 is 1.81 bits per heavy atom. The minimum atomic E-state index is -0.580. The number of H-pyrrole nitrogens is 1. The average molecular weight is 503 g/mol. The molecule has 1 aromatic heterocycles. The normalized spacial score (nSPS) is 17.7. The van der Waals surface area contributed by atoms with Crippen molar-refractivity contribution in [3.05, 3.63) is 71.6 Å². The Hall–Kier alpha value is -3.62. The number of amides is 2. The SMILES string of the molecule is CC1(C)CN(C(=O)c2ccc(OCCCN3CCOCC3)cc2)C=C(C(N)=O)c2[nH]c3ccccc3c21. The number of nitrogens with two attached hydrogens (primary N) is 1. The van der Waals surface area contributed by atoms with E-state index in [1.807, 2.05) is 36.4 Å². The highest BCUT2D eigenvalue weighted by Gasteiger charge is 2.36. The van der Waals surface area contributed by atoms with Crippen LogP contribution in [0.15, 0.2) is 54.7 Å². The molecular formula is C29H34N4O4. The molecule has 0 spiro atoms. The van der Waals surface area contributed by atoms with Gasteiger partial charge in [-0.1, -0.05) is 32.0 Å². The minimum absolute atomic E-state index is 0.194. The molecule has 37 heavy (non-hydrogen) atoms. The summed E-state index contributed by atoms with van der Waals surface area (Å²) in [5.41, 5.74) is 8.79. The summed E-state index contributed by atoms with van der Waals surface area (Å²) in [7, 11) is 0. The molecule has 3 heterocycles. The Morgan fingerprint density at radius 3 is 2.54 bits per heavy atom. The van der Waals surface area contributed by atoms with Crippen LogP contribution in [-0.2, 0) is 14.9 Å². The predicted octanol–water partition coefficient (Wildman–Crippen LogP) is 3.53. The van der Waals surface area contributed by atoms with Gasteiger partial charge < -0.3 is 25.1 Å². The number of primary amides is 1. The van der Waals surface area contributed by atoms with Crippen molar-refractivity contribution in [2.45, 2.75) is 25.7 Å². The Morgan fingerprint density at radius 1 is 1.08 bits per heavy atom. The van der Waals surface area contributed by atoms with Gasteiger partial charge in [0, 0.05) is 54.3 Å². The lowest BCUT2D eigenvalue weighted by Gasteiger charge is -2.29. The summed E-state index contributed by atoms with van der Waals surface area (Å²) in [6, 6.07) is 15.1. The smallest absolute Gasteiger partial charge is 0.257 e. The van der Waals surface area contributed by atoms with Gasteiger partial charge in [0.2, 0.25) is 0 Å². The first-order valence-corrected chi connectivity index (χ1v) is 12.8. The summed E-state index contributed by atoms with van der Waals surface area (Å²) < 4.78 is 11.3. The Bertz CT molecular complexity index is 1320. The standard InChI is InChI=1S/C29H34N4O4/c1-29(2)19-33(18-23(27(30)34)26-25(29)22-6-3-4-7-24(22)31-26)28(35)20-8-10-21(11-9-20)37-15-5-12-32-13-16-36-17-14-32/h3-4,6-11,18,31H,5,12-17,19H2,1-2H3,(H2,30,34). The predicted molar refractivity (Wildman–Crippen MR) is 143 cm³/mol. The van der Waals surface area contributed by atoms with Gasteiger partial charge in [-0.15, -0.1) is 0 Å². The number of fused-ring (bicyclic) bond motifs is 3. The van der Waals surface area contributed by atoms with Crippen molar-refractivity contribution in [1.29, 1.82) is 0 Å². The molecule has 2 aromatic carbocycles. The molecule has 1 fully saturated rings. The minimum Gasteiger partial charge on any atom is -0.494 e. The van der Waals surface area contributed by atoms with Gasteiger partial charge in [-0.25, -0.2) is 0 Å². The number of rotatable bonds is 7. The summed E-state index contributed by atoms with van der Waals surface area (Å²) in [6.07, 6.45) is 2.52. The number of aromatic nitrogens is 1. The highest BCUT2D eigenvalue weighted by atomic mass is 16.5. The van der Waals surface area contributed by atoms with Crippen LogP contribution in [0.2, 0.25) is 0 Å². The number of morpholine rings is 1. The molecule has 2 amide bonds. The molecule has 2 aliphatic heterocycles. The molecule has 5 rings (SSSR count). The van der Waals surface area contributed by atoms with Gasteiger partial charge in [-0.3, -0.25) is 14.5 Å². The Labute approximate surface area is 217 Å². The van der Waals surface area contributed by atoms with Gasteiger partial charge in [-0.05, 0) is 42.3 Å². The molecule has 0 atom stereocenters. The van der Waals surface area contributed by atoms with Crippen molar-refractivity contribution in [3.63, 3.8) is 0 Å². The van der Waals surface area contributed by atoms with Crippen molar-refractivity contribution in [2.75, 3.05) is 46.0 Å². The van der Waals surface area contributed by atoms with E-state index in [4.69, 9.17) is 15.2 Å². The van der Waals surface area contributed by atoms with Crippen molar-refractivity contribution < 1.29 is 19.1 Å². The molecule has 0 aliphatic carbocycles. The maximum atomic E-state index is 13.6. The molecule has 0 unspecified atom stereocenters. The quantitative estimate of drug-likeness (QED) is 0.482. The molecule has 8 heteroatoms. The lowest BCUT2D eigenvalue weighted by molar-refractivity contribution is -0.112. The fraction of sp³-hybridized carbons (Fsp3) is 0.379. The van der Waals surface area contributed by atoms with Crippen LogP contribution < -0.4 is 10.5 Å². The van der Waals surface area contributed by atoms with Crippen LogP contribution in [0.25, 0.3) is 16.5 Å². The second kappa shape index (κ2) is 10.4. The number of ether oxygens (including phenoxy) is 2. The molecule has 0 saturated carbocycles. The van der Waals surface area contributed by atoms with Crippen LogP contribution in [0.5, 0.6) is 5.75 Å².